The number of hydrogen-bond acceptors (Lipinski definition) is 3. The lowest BCUT2D eigenvalue weighted by Crippen LogP contribution is -2.34. The van der Waals surface area contributed by atoms with E-state index >= 15 is 0 Å². The van der Waals surface area contributed by atoms with Crippen LogP contribution in [0.5, 0.6) is 0 Å². The second-order valence-corrected chi connectivity index (χ2v) is 5.73. The van der Waals surface area contributed by atoms with Gasteiger partial charge >= 0.3 is 0 Å². The Morgan fingerprint density at radius 3 is 3.06 bits per heavy atom. The maximum absolute atomic E-state index is 11.9. The Kier molecular flexibility index (Phi) is 4.59. The zero-order chi connectivity index (χ0) is 13.1. The molecule has 1 amide bonds. The first kappa shape index (κ1) is 13.8. The number of rotatable bonds is 5. The van der Waals surface area contributed by atoms with Crippen LogP contribution in [0.4, 0.5) is 0 Å². The molecule has 0 spiro atoms. The first-order chi connectivity index (χ1) is 8.58. The summed E-state index contributed by atoms with van der Waals surface area (Å²) in [5, 5.41) is 3.08. The van der Waals surface area contributed by atoms with E-state index in [1.807, 2.05) is 0 Å². The third-order valence-corrected chi connectivity index (χ3v) is 3.71. The average Bonchev–Trinajstić information content (AvgIpc) is 3.16. The lowest BCUT2D eigenvalue weighted by molar-refractivity contribution is 0.0949. The molecule has 1 aromatic heterocycles. The van der Waals surface area contributed by atoms with Gasteiger partial charge < -0.3 is 10.2 Å². The third kappa shape index (κ3) is 3.67. The van der Waals surface area contributed by atoms with Crippen LogP contribution in [0.2, 0.25) is 5.15 Å². The predicted molar refractivity (Wildman–Crippen MR) is 74.9 cm³/mol. The summed E-state index contributed by atoms with van der Waals surface area (Å²) in [5.74, 6) is -0.182. The van der Waals surface area contributed by atoms with Crippen molar-refractivity contribution >= 4 is 33.4 Å². The molecule has 6 heteroatoms. The summed E-state index contributed by atoms with van der Waals surface area (Å²) in [5.41, 5.74) is 0.403. The van der Waals surface area contributed by atoms with Gasteiger partial charge in [0.05, 0.1) is 5.56 Å². The lowest BCUT2D eigenvalue weighted by atomic mass is 10.2. The third-order valence-electron chi connectivity index (χ3n) is 2.97. The maximum Gasteiger partial charge on any atom is 0.254 e. The van der Waals surface area contributed by atoms with Crippen LogP contribution in [0.1, 0.15) is 23.2 Å². The number of halogens is 2. The van der Waals surface area contributed by atoms with Crippen molar-refractivity contribution in [3.63, 3.8) is 0 Å². The second-order valence-electron chi connectivity index (χ2n) is 4.46. The summed E-state index contributed by atoms with van der Waals surface area (Å²) in [4.78, 5) is 18.1. The predicted octanol–water partition coefficient (Wildman–Crippen LogP) is 2.32. The first-order valence-corrected chi connectivity index (χ1v) is 7.04. The highest BCUT2D eigenvalue weighted by Crippen LogP contribution is 2.24. The Morgan fingerprint density at radius 1 is 1.67 bits per heavy atom. The molecule has 4 nitrogen and oxygen atoms in total. The Hall–Kier alpha value is -0.650. The van der Waals surface area contributed by atoms with Crippen LogP contribution in [0.3, 0.4) is 0 Å². The Labute approximate surface area is 120 Å². The highest BCUT2D eigenvalue weighted by Gasteiger charge is 2.25. The Bertz CT molecular complexity index is 451. The fraction of sp³-hybridized carbons (Fsp3) is 0.500. The summed E-state index contributed by atoms with van der Waals surface area (Å²) in [6.45, 7) is 1.48. The van der Waals surface area contributed by atoms with E-state index in [0.717, 1.165) is 11.0 Å². The van der Waals surface area contributed by atoms with Crippen molar-refractivity contribution in [2.75, 3.05) is 20.1 Å². The van der Waals surface area contributed by atoms with Crippen molar-refractivity contribution in [2.45, 2.75) is 18.9 Å². The van der Waals surface area contributed by atoms with Gasteiger partial charge in [-0.1, -0.05) is 11.6 Å². The molecule has 1 aliphatic carbocycles. The fourth-order valence-electron chi connectivity index (χ4n) is 1.72. The zero-order valence-corrected chi connectivity index (χ0v) is 12.5. The summed E-state index contributed by atoms with van der Waals surface area (Å²) in [6.07, 6.45) is 4.11. The molecule has 0 unspecified atom stereocenters. The van der Waals surface area contributed by atoms with Crippen LogP contribution in [-0.2, 0) is 0 Å². The van der Waals surface area contributed by atoms with Crippen molar-refractivity contribution < 1.29 is 4.79 Å². The van der Waals surface area contributed by atoms with Crippen molar-refractivity contribution in [1.29, 1.82) is 0 Å². The van der Waals surface area contributed by atoms with Gasteiger partial charge in [-0.25, -0.2) is 4.98 Å². The summed E-state index contributed by atoms with van der Waals surface area (Å²) < 4.78 is 0.743. The van der Waals surface area contributed by atoms with Gasteiger partial charge in [0, 0.05) is 29.8 Å². The van der Waals surface area contributed by atoms with E-state index in [2.05, 4.69) is 38.2 Å². The SMILES string of the molecule is CN(CCNC(=O)c1cc(Br)cnc1Cl)C1CC1. The highest BCUT2D eigenvalue weighted by molar-refractivity contribution is 9.10. The van der Waals surface area contributed by atoms with Gasteiger partial charge in [0.15, 0.2) is 0 Å². The number of amides is 1. The molecule has 1 saturated carbocycles. The van der Waals surface area contributed by atoms with E-state index < -0.39 is 0 Å². The standard InChI is InChI=1S/C12H15BrClN3O/c1-17(9-2-3-9)5-4-15-12(18)10-6-8(13)7-16-11(10)14/h6-7,9H,2-5H2,1H3,(H,15,18). The molecule has 1 aliphatic rings. The first-order valence-electron chi connectivity index (χ1n) is 5.87. The molecule has 1 fully saturated rings. The van der Waals surface area contributed by atoms with E-state index in [-0.39, 0.29) is 11.1 Å². The largest absolute Gasteiger partial charge is 0.351 e. The van der Waals surface area contributed by atoms with E-state index in [9.17, 15) is 4.79 Å². The normalized spacial score (nSPS) is 14.9. The molecule has 98 valence electrons. The van der Waals surface area contributed by atoms with E-state index in [1.165, 1.54) is 12.8 Å². The number of hydrogen-bond donors (Lipinski definition) is 1. The Morgan fingerprint density at radius 2 is 2.39 bits per heavy atom. The number of nitrogens with one attached hydrogen (secondary N) is 1. The van der Waals surface area contributed by atoms with Crippen molar-refractivity contribution in [2.24, 2.45) is 0 Å². The Balaban J connectivity index is 1.85. The zero-order valence-electron chi connectivity index (χ0n) is 10.1. The summed E-state index contributed by atoms with van der Waals surface area (Å²) in [7, 11) is 2.08. The van der Waals surface area contributed by atoms with Gasteiger partial charge in [-0.2, -0.15) is 0 Å². The minimum atomic E-state index is -0.182. The van der Waals surface area contributed by atoms with Gasteiger partial charge in [0.1, 0.15) is 5.15 Å². The number of carbonyl (C=O) groups is 1. The van der Waals surface area contributed by atoms with Crippen LogP contribution in [-0.4, -0.2) is 42.0 Å². The summed E-state index contributed by atoms with van der Waals surface area (Å²) in [6, 6.07) is 2.38. The van der Waals surface area contributed by atoms with Gasteiger partial charge in [0.2, 0.25) is 0 Å². The highest BCUT2D eigenvalue weighted by atomic mass is 79.9. The molecule has 0 aromatic carbocycles. The van der Waals surface area contributed by atoms with Gasteiger partial charge in [-0.3, -0.25) is 4.79 Å². The fourth-order valence-corrected chi connectivity index (χ4v) is 2.24. The van der Waals surface area contributed by atoms with Crippen LogP contribution >= 0.6 is 27.5 Å². The van der Waals surface area contributed by atoms with Gasteiger partial charge in [-0.05, 0) is 41.9 Å². The quantitative estimate of drug-likeness (QED) is 0.842. The number of nitrogens with zero attached hydrogens (tertiary/aromatic N) is 2. The molecule has 0 bridgehead atoms. The molecule has 0 atom stereocenters. The summed E-state index contributed by atoms with van der Waals surface area (Å²) >= 11 is 9.16. The molecular weight excluding hydrogens is 318 g/mol. The molecule has 1 aromatic rings. The number of carbonyl (C=O) groups excluding carboxylic acids is 1. The maximum atomic E-state index is 11.9. The van der Waals surface area contributed by atoms with E-state index in [1.54, 1.807) is 12.3 Å². The van der Waals surface area contributed by atoms with Crippen LogP contribution < -0.4 is 5.32 Å². The molecular formula is C12H15BrClN3O. The molecule has 1 N–H and O–H groups in total. The molecule has 0 radical (unpaired) electrons. The monoisotopic (exact) mass is 331 g/mol. The molecule has 1 heterocycles. The average molecular weight is 333 g/mol. The topological polar surface area (TPSA) is 45.2 Å². The van der Waals surface area contributed by atoms with Crippen LogP contribution in [0.25, 0.3) is 0 Å². The number of likely N-dealkylation sites (N-methyl/N-ethyl adjacent to an activating group) is 1. The van der Waals surface area contributed by atoms with Crippen molar-refractivity contribution in [3.8, 4) is 0 Å². The lowest BCUT2D eigenvalue weighted by Gasteiger charge is -2.15. The smallest absolute Gasteiger partial charge is 0.254 e. The number of aromatic nitrogens is 1. The van der Waals surface area contributed by atoms with Crippen molar-refractivity contribution in [3.05, 3.63) is 27.5 Å². The molecule has 2 rings (SSSR count). The van der Waals surface area contributed by atoms with E-state index in [0.29, 0.717) is 18.2 Å². The minimum absolute atomic E-state index is 0.182. The second kappa shape index (κ2) is 5.99. The van der Waals surface area contributed by atoms with Crippen LogP contribution in [0.15, 0.2) is 16.7 Å². The van der Waals surface area contributed by atoms with Gasteiger partial charge in [-0.15, -0.1) is 0 Å². The van der Waals surface area contributed by atoms with Gasteiger partial charge in [0.25, 0.3) is 5.91 Å². The molecule has 18 heavy (non-hydrogen) atoms. The van der Waals surface area contributed by atoms with Crippen LogP contribution in [0, 0.1) is 0 Å². The minimum Gasteiger partial charge on any atom is -0.351 e. The molecule has 0 aliphatic heterocycles. The van der Waals surface area contributed by atoms with E-state index in [4.69, 9.17) is 11.6 Å². The van der Waals surface area contributed by atoms with Crippen molar-refractivity contribution in [1.82, 2.24) is 15.2 Å². The number of pyridine rings is 1. The molecule has 0 saturated heterocycles.